The minimum atomic E-state index is 0. The smallest absolute Gasteiger partial charge is 0.191 e. The summed E-state index contributed by atoms with van der Waals surface area (Å²) in [5.74, 6) is 0.933. The minimum absolute atomic E-state index is 0. The van der Waals surface area contributed by atoms with Crippen molar-refractivity contribution in [2.75, 3.05) is 52.9 Å². The van der Waals surface area contributed by atoms with E-state index in [9.17, 15) is 0 Å². The summed E-state index contributed by atoms with van der Waals surface area (Å²) in [6.45, 7) is 19.3. The van der Waals surface area contributed by atoms with Gasteiger partial charge >= 0.3 is 0 Å². The third-order valence-corrected chi connectivity index (χ3v) is 5.46. The van der Waals surface area contributed by atoms with Gasteiger partial charge in [0, 0.05) is 52.4 Å². The molecule has 1 fully saturated rings. The Morgan fingerprint density at radius 3 is 2.27 bits per heavy atom. The average Bonchev–Trinajstić information content (AvgIpc) is 2.61. The Kier molecular flexibility index (Phi) is 14.0. The molecule has 1 aliphatic rings. The normalized spacial score (nSPS) is 18.3. The minimum Gasteiger partial charge on any atom is -0.356 e. The van der Waals surface area contributed by atoms with Crippen LogP contribution in [0.4, 0.5) is 0 Å². The molecule has 1 saturated heterocycles. The van der Waals surface area contributed by atoms with Crippen molar-refractivity contribution in [3.05, 3.63) is 0 Å². The summed E-state index contributed by atoms with van der Waals surface area (Å²) in [5, 5.41) is 7.04. The van der Waals surface area contributed by atoms with E-state index >= 15 is 0 Å². The lowest BCUT2D eigenvalue weighted by Gasteiger charge is -2.37. The number of piperazine rings is 1. The van der Waals surface area contributed by atoms with Gasteiger partial charge in [0.1, 0.15) is 0 Å². The molecule has 0 spiro atoms. The molecule has 1 atom stereocenters. The first kappa shape index (κ1) is 25.9. The van der Waals surface area contributed by atoms with Crippen molar-refractivity contribution in [2.24, 2.45) is 10.4 Å². The van der Waals surface area contributed by atoms with E-state index in [1.54, 1.807) is 0 Å². The van der Waals surface area contributed by atoms with Gasteiger partial charge in [-0.2, -0.15) is 0 Å². The fourth-order valence-corrected chi connectivity index (χ4v) is 3.38. The van der Waals surface area contributed by atoms with Crippen molar-refractivity contribution in [1.82, 2.24) is 20.4 Å². The van der Waals surface area contributed by atoms with Gasteiger partial charge in [-0.1, -0.05) is 47.0 Å². The van der Waals surface area contributed by atoms with Crippen LogP contribution in [-0.2, 0) is 0 Å². The quantitative estimate of drug-likeness (QED) is 0.217. The lowest BCUT2D eigenvalue weighted by atomic mass is 9.87. The molecule has 0 aromatic heterocycles. The lowest BCUT2D eigenvalue weighted by Crippen LogP contribution is -2.53. The maximum absolute atomic E-state index is 4.40. The molecule has 2 N–H and O–H groups in total. The molecule has 5 nitrogen and oxygen atoms in total. The zero-order valence-corrected chi connectivity index (χ0v) is 20.4. The fraction of sp³-hybridized carbons (Fsp3) is 0.950. The average molecular weight is 482 g/mol. The maximum Gasteiger partial charge on any atom is 0.191 e. The molecule has 1 unspecified atom stereocenters. The highest BCUT2D eigenvalue weighted by Crippen LogP contribution is 2.22. The van der Waals surface area contributed by atoms with Crippen molar-refractivity contribution < 1.29 is 0 Å². The Morgan fingerprint density at radius 2 is 1.73 bits per heavy atom. The van der Waals surface area contributed by atoms with Crippen LogP contribution in [0.25, 0.3) is 0 Å². The topological polar surface area (TPSA) is 42.9 Å². The summed E-state index contributed by atoms with van der Waals surface area (Å²) in [6, 6.07) is 0.537. The van der Waals surface area contributed by atoms with Crippen LogP contribution in [0.15, 0.2) is 4.99 Å². The summed E-state index contributed by atoms with van der Waals surface area (Å²) < 4.78 is 0. The highest BCUT2D eigenvalue weighted by atomic mass is 127. The van der Waals surface area contributed by atoms with Gasteiger partial charge in [0.05, 0.1) is 0 Å². The van der Waals surface area contributed by atoms with Crippen LogP contribution in [0.3, 0.4) is 0 Å². The largest absolute Gasteiger partial charge is 0.356 e. The van der Waals surface area contributed by atoms with Crippen molar-refractivity contribution in [1.29, 1.82) is 0 Å². The van der Waals surface area contributed by atoms with Crippen molar-refractivity contribution in [3.8, 4) is 0 Å². The molecule has 0 aliphatic carbocycles. The number of unbranched alkanes of at least 4 members (excludes halogenated alkanes) is 2. The van der Waals surface area contributed by atoms with Gasteiger partial charge < -0.3 is 15.5 Å². The van der Waals surface area contributed by atoms with Gasteiger partial charge in [0.25, 0.3) is 0 Å². The van der Waals surface area contributed by atoms with E-state index in [0.717, 1.165) is 19.0 Å². The monoisotopic (exact) mass is 481 g/mol. The van der Waals surface area contributed by atoms with Gasteiger partial charge in [0.2, 0.25) is 0 Å². The number of aliphatic imine (C=N–C) groups is 1. The van der Waals surface area contributed by atoms with Gasteiger partial charge in [-0.05, 0) is 25.3 Å². The Labute approximate surface area is 179 Å². The summed E-state index contributed by atoms with van der Waals surface area (Å²) in [6.07, 6.45) is 5.21. The standard InChI is InChI=1S/C20H43N5.HI/c1-7-9-10-11-20(4,5)17-23-19(21-6)22-16-18(3)25-14-12-24(8-2)13-15-25;/h18H,7-17H2,1-6H3,(H2,21,22,23);1H. The van der Waals surface area contributed by atoms with Crippen LogP contribution in [0.1, 0.15) is 60.3 Å². The second-order valence-corrected chi connectivity index (χ2v) is 8.25. The predicted molar refractivity (Wildman–Crippen MR) is 126 cm³/mol. The third-order valence-electron chi connectivity index (χ3n) is 5.46. The van der Waals surface area contributed by atoms with E-state index in [1.807, 2.05) is 7.05 Å². The van der Waals surface area contributed by atoms with Crippen LogP contribution < -0.4 is 10.6 Å². The van der Waals surface area contributed by atoms with E-state index in [-0.39, 0.29) is 24.0 Å². The lowest BCUT2D eigenvalue weighted by molar-refractivity contribution is 0.107. The van der Waals surface area contributed by atoms with Crippen LogP contribution >= 0.6 is 24.0 Å². The van der Waals surface area contributed by atoms with Gasteiger partial charge in [-0.25, -0.2) is 0 Å². The molecule has 156 valence electrons. The van der Waals surface area contributed by atoms with Gasteiger partial charge in [-0.15, -0.1) is 24.0 Å². The molecule has 6 heteroatoms. The summed E-state index contributed by atoms with van der Waals surface area (Å²) in [7, 11) is 1.87. The molecule has 0 aromatic carbocycles. The fourth-order valence-electron chi connectivity index (χ4n) is 3.38. The van der Waals surface area contributed by atoms with Gasteiger partial charge in [-0.3, -0.25) is 9.89 Å². The summed E-state index contributed by atoms with van der Waals surface area (Å²) in [4.78, 5) is 9.51. The molecule has 1 heterocycles. The van der Waals surface area contributed by atoms with Crippen molar-refractivity contribution in [2.45, 2.75) is 66.3 Å². The molecule has 26 heavy (non-hydrogen) atoms. The molecule has 0 bridgehead atoms. The first-order valence-corrected chi connectivity index (χ1v) is 10.3. The van der Waals surface area contributed by atoms with E-state index in [0.29, 0.717) is 11.5 Å². The van der Waals surface area contributed by atoms with E-state index < -0.39 is 0 Å². The number of nitrogens with one attached hydrogen (secondary N) is 2. The number of guanidine groups is 1. The molecule has 1 aliphatic heterocycles. The van der Waals surface area contributed by atoms with E-state index in [2.05, 4.69) is 60.0 Å². The number of nitrogens with zero attached hydrogens (tertiary/aromatic N) is 3. The Bertz CT molecular complexity index is 378. The zero-order valence-electron chi connectivity index (χ0n) is 18.1. The predicted octanol–water partition coefficient (Wildman–Crippen LogP) is 3.40. The van der Waals surface area contributed by atoms with E-state index in [1.165, 1.54) is 58.4 Å². The van der Waals surface area contributed by atoms with Crippen LogP contribution in [0.5, 0.6) is 0 Å². The van der Waals surface area contributed by atoms with Crippen LogP contribution in [-0.4, -0.2) is 74.7 Å². The molecule has 0 aromatic rings. The maximum atomic E-state index is 4.40. The van der Waals surface area contributed by atoms with Crippen LogP contribution in [0, 0.1) is 5.41 Å². The highest BCUT2D eigenvalue weighted by Gasteiger charge is 2.21. The third kappa shape index (κ3) is 10.3. The number of hydrogen-bond donors (Lipinski definition) is 2. The molecule has 0 amide bonds. The SMILES string of the molecule is CCCCCC(C)(C)CNC(=NC)NCC(C)N1CCN(CC)CC1.I. The molecular weight excluding hydrogens is 437 g/mol. The molecule has 0 radical (unpaired) electrons. The number of hydrogen-bond acceptors (Lipinski definition) is 3. The van der Waals surface area contributed by atoms with Crippen LogP contribution in [0.2, 0.25) is 0 Å². The summed E-state index contributed by atoms with van der Waals surface area (Å²) >= 11 is 0. The van der Waals surface area contributed by atoms with Crippen molar-refractivity contribution >= 4 is 29.9 Å². The Hall–Kier alpha value is -0.0800. The zero-order chi connectivity index (χ0) is 18.7. The van der Waals surface area contributed by atoms with E-state index in [4.69, 9.17) is 0 Å². The second kappa shape index (κ2) is 14.0. The van der Waals surface area contributed by atoms with Crippen molar-refractivity contribution in [3.63, 3.8) is 0 Å². The first-order valence-electron chi connectivity index (χ1n) is 10.3. The Balaban J connectivity index is 0.00000625. The molecule has 0 saturated carbocycles. The van der Waals surface area contributed by atoms with Gasteiger partial charge in [0.15, 0.2) is 5.96 Å². The number of rotatable bonds is 10. The molecular formula is C20H44IN5. The second-order valence-electron chi connectivity index (χ2n) is 8.25. The molecule has 1 rings (SSSR count). The first-order chi connectivity index (χ1) is 11.9. The summed E-state index contributed by atoms with van der Waals surface area (Å²) in [5.41, 5.74) is 0.314. The number of halogens is 1. The highest BCUT2D eigenvalue weighted by molar-refractivity contribution is 14.0. The number of likely N-dealkylation sites (N-methyl/N-ethyl adjacent to an activating group) is 1. The Morgan fingerprint density at radius 1 is 1.08 bits per heavy atom.